The minimum Gasteiger partial charge on any atom is -0.366 e. The van der Waals surface area contributed by atoms with E-state index in [1.165, 1.54) is 0 Å². The minimum atomic E-state index is -0.475. The third-order valence-corrected chi connectivity index (χ3v) is 7.76. The molecule has 0 aliphatic heterocycles. The summed E-state index contributed by atoms with van der Waals surface area (Å²) in [5, 5.41) is 3.29. The van der Waals surface area contributed by atoms with E-state index in [1.807, 2.05) is 60.7 Å². The Morgan fingerprint density at radius 2 is 1.62 bits per heavy atom. The van der Waals surface area contributed by atoms with Gasteiger partial charge in [-0.25, -0.2) is 4.98 Å². The molecule has 1 fully saturated rings. The van der Waals surface area contributed by atoms with Gasteiger partial charge in [0, 0.05) is 17.0 Å². The van der Waals surface area contributed by atoms with Crippen LogP contribution in [0.4, 0.5) is 0 Å². The number of carbonyl (C=O) groups excluding carboxylic acids is 2. The van der Waals surface area contributed by atoms with Gasteiger partial charge in [-0.3, -0.25) is 9.59 Å². The molecule has 1 aromatic heterocycles. The van der Waals surface area contributed by atoms with Crippen LogP contribution in [0.1, 0.15) is 53.5 Å². The Morgan fingerprint density at radius 3 is 2.28 bits per heavy atom. The monoisotopic (exact) mass is 521 g/mol. The standard InChI is InChI=1S/C32H35N5O2/c33-19-22-11-13-24(14-12-22)32(39)37-28(17-21-7-3-1-4-8-21)31-35-20-29(36-31)25-15-16-26(30(34)38)27(18-25)23-9-5-2-6-10-23/h1-10,15-16,18,20,22,24,28H,11-14,17,19,33H2,(H2,34,38)(H,35,36)(H,37,39)/t22?,24?,28-/m0/s1. The lowest BCUT2D eigenvalue weighted by molar-refractivity contribution is -0.127. The van der Waals surface area contributed by atoms with Crippen molar-refractivity contribution in [2.24, 2.45) is 23.3 Å². The molecule has 1 aliphatic carbocycles. The number of rotatable bonds is 9. The third-order valence-electron chi connectivity index (χ3n) is 7.76. The average molecular weight is 522 g/mol. The highest BCUT2D eigenvalue weighted by Gasteiger charge is 2.28. The molecule has 5 rings (SSSR count). The number of primary amides is 1. The van der Waals surface area contributed by atoms with E-state index in [4.69, 9.17) is 16.5 Å². The van der Waals surface area contributed by atoms with Crippen LogP contribution in [0.5, 0.6) is 0 Å². The van der Waals surface area contributed by atoms with Gasteiger partial charge in [-0.15, -0.1) is 0 Å². The lowest BCUT2D eigenvalue weighted by Crippen LogP contribution is -2.37. The molecule has 200 valence electrons. The van der Waals surface area contributed by atoms with Gasteiger partial charge in [-0.05, 0) is 73.4 Å². The molecule has 39 heavy (non-hydrogen) atoms. The number of aromatic nitrogens is 2. The van der Waals surface area contributed by atoms with Gasteiger partial charge in [0.15, 0.2) is 0 Å². The summed E-state index contributed by atoms with van der Waals surface area (Å²) in [6.07, 6.45) is 6.11. The Hall–Kier alpha value is -4.23. The van der Waals surface area contributed by atoms with E-state index in [9.17, 15) is 9.59 Å². The Labute approximate surface area is 229 Å². The quantitative estimate of drug-likeness (QED) is 0.247. The molecule has 1 heterocycles. The van der Waals surface area contributed by atoms with Crippen LogP contribution in [-0.2, 0) is 11.2 Å². The van der Waals surface area contributed by atoms with E-state index >= 15 is 0 Å². The van der Waals surface area contributed by atoms with Crippen molar-refractivity contribution < 1.29 is 9.59 Å². The lowest BCUT2D eigenvalue weighted by atomic mass is 9.81. The zero-order chi connectivity index (χ0) is 27.2. The fraction of sp³-hybridized carbons (Fsp3) is 0.281. The zero-order valence-corrected chi connectivity index (χ0v) is 22.0. The SMILES string of the molecule is NCC1CCC(C(=O)N[C@@H](Cc2ccccc2)c2ncc(-c3ccc(C(N)=O)c(-c4ccccc4)c3)[nH]2)CC1. The fourth-order valence-corrected chi connectivity index (χ4v) is 5.46. The van der Waals surface area contributed by atoms with Crippen molar-refractivity contribution in [1.82, 2.24) is 15.3 Å². The van der Waals surface area contributed by atoms with Gasteiger partial charge in [0.05, 0.1) is 17.9 Å². The largest absolute Gasteiger partial charge is 0.366 e. The molecule has 3 aromatic carbocycles. The maximum Gasteiger partial charge on any atom is 0.249 e. The van der Waals surface area contributed by atoms with E-state index in [2.05, 4.69) is 22.4 Å². The Balaban J connectivity index is 1.42. The number of imidazole rings is 1. The first-order valence-electron chi connectivity index (χ1n) is 13.6. The van der Waals surface area contributed by atoms with Crippen LogP contribution in [0.2, 0.25) is 0 Å². The highest BCUT2D eigenvalue weighted by Crippen LogP contribution is 2.31. The number of nitrogens with zero attached hydrogens (tertiary/aromatic N) is 1. The van der Waals surface area contributed by atoms with Crippen LogP contribution in [0.25, 0.3) is 22.4 Å². The topological polar surface area (TPSA) is 127 Å². The first-order valence-corrected chi connectivity index (χ1v) is 13.6. The number of amides is 2. The second-order valence-corrected chi connectivity index (χ2v) is 10.4. The second-order valence-electron chi connectivity index (χ2n) is 10.4. The molecule has 1 saturated carbocycles. The van der Waals surface area contributed by atoms with Crippen LogP contribution in [0, 0.1) is 11.8 Å². The van der Waals surface area contributed by atoms with E-state index in [0.717, 1.165) is 53.6 Å². The predicted octanol–water partition coefficient (Wildman–Crippen LogP) is 5.01. The number of H-pyrrole nitrogens is 1. The highest BCUT2D eigenvalue weighted by molar-refractivity contribution is 6.00. The van der Waals surface area contributed by atoms with Crippen molar-refractivity contribution in [2.75, 3.05) is 6.54 Å². The van der Waals surface area contributed by atoms with Gasteiger partial charge in [-0.1, -0.05) is 66.7 Å². The summed E-state index contributed by atoms with van der Waals surface area (Å²) in [5.41, 5.74) is 16.4. The van der Waals surface area contributed by atoms with Crippen molar-refractivity contribution in [3.63, 3.8) is 0 Å². The van der Waals surface area contributed by atoms with E-state index in [-0.39, 0.29) is 17.9 Å². The Morgan fingerprint density at radius 1 is 0.923 bits per heavy atom. The summed E-state index contributed by atoms with van der Waals surface area (Å²) in [5.74, 6) is 0.801. The Kier molecular flexibility index (Phi) is 8.18. The maximum absolute atomic E-state index is 13.3. The molecule has 7 nitrogen and oxygen atoms in total. The van der Waals surface area contributed by atoms with Gasteiger partial charge >= 0.3 is 0 Å². The molecule has 0 bridgehead atoms. The molecule has 6 N–H and O–H groups in total. The van der Waals surface area contributed by atoms with Gasteiger partial charge in [0.1, 0.15) is 5.82 Å². The number of nitrogens with two attached hydrogens (primary N) is 2. The number of carbonyl (C=O) groups is 2. The zero-order valence-electron chi connectivity index (χ0n) is 22.0. The highest BCUT2D eigenvalue weighted by atomic mass is 16.2. The average Bonchev–Trinajstić information content (AvgIpc) is 3.48. The molecule has 2 amide bonds. The number of hydrogen-bond acceptors (Lipinski definition) is 4. The summed E-state index contributed by atoms with van der Waals surface area (Å²) >= 11 is 0. The summed E-state index contributed by atoms with van der Waals surface area (Å²) in [6.45, 7) is 0.687. The Bertz CT molecular complexity index is 1410. The number of nitrogens with one attached hydrogen (secondary N) is 2. The summed E-state index contributed by atoms with van der Waals surface area (Å²) < 4.78 is 0. The van der Waals surface area contributed by atoms with Gasteiger partial charge < -0.3 is 21.8 Å². The first-order chi connectivity index (χ1) is 19.0. The minimum absolute atomic E-state index is 0.00437. The molecule has 0 spiro atoms. The van der Waals surface area contributed by atoms with Gasteiger partial charge in [0.2, 0.25) is 11.8 Å². The van der Waals surface area contributed by atoms with E-state index < -0.39 is 5.91 Å². The van der Waals surface area contributed by atoms with E-state index in [0.29, 0.717) is 30.3 Å². The number of aromatic amines is 1. The van der Waals surface area contributed by atoms with Crippen LogP contribution in [0.15, 0.2) is 85.1 Å². The molecule has 0 radical (unpaired) electrons. The van der Waals surface area contributed by atoms with Crippen LogP contribution in [-0.4, -0.2) is 28.3 Å². The molecule has 4 aromatic rings. The maximum atomic E-state index is 13.3. The van der Waals surface area contributed by atoms with Crippen LogP contribution >= 0.6 is 0 Å². The second kappa shape index (κ2) is 12.1. The number of benzene rings is 3. The molecule has 0 saturated heterocycles. The molecule has 7 heteroatoms. The first kappa shape index (κ1) is 26.4. The van der Waals surface area contributed by atoms with E-state index in [1.54, 1.807) is 12.3 Å². The van der Waals surface area contributed by atoms with Gasteiger partial charge in [0.25, 0.3) is 0 Å². The van der Waals surface area contributed by atoms with Crippen LogP contribution < -0.4 is 16.8 Å². The third kappa shape index (κ3) is 6.26. The number of hydrogen-bond donors (Lipinski definition) is 4. The molecule has 1 aliphatic rings. The van der Waals surface area contributed by atoms with Gasteiger partial charge in [-0.2, -0.15) is 0 Å². The summed E-state index contributed by atoms with van der Waals surface area (Å²) in [7, 11) is 0. The normalized spacial score (nSPS) is 17.9. The van der Waals surface area contributed by atoms with Crippen molar-refractivity contribution in [2.45, 2.75) is 38.1 Å². The van der Waals surface area contributed by atoms with Crippen molar-refractivity contribution in [1.29, 1.82) is 0 Å². The summed E-state index contributed by atoms with van der Waals surface area (Å²) in [6, 6.07) is 25.1. The predicted molar refractivity (Wildman–Crippen MR) is 154 cm³/mol. The van der Waals surface area contributed by atoms with Crippen molar-refractivity contribution in [3.8, 4) is 22.4 Å². The smallest absolute Gasteiger partial charge is 0.249 e. The molecular weight excluding hydrogens is 486 g/mol. The van der Waals surface area contributed by atoms with Crippen LogP contribution in [0.3, 0.4) is 0 Å². The van der Waals surface area contributed by atoms with Crippen molar-refractivity contribution >= 4 is 11.8 Å². The molecule has 0 unspecified atom stereocenters. The fourth-order valence-electron chi connectivity index (χ4n) is 5.46. The molecule has 1 atom stereocenters. The van der Waals surface area contributed by atoms with Crippen molar-refractivity contribution in [3.05, 3.63) is 102 Å². The molecular formula is C32H35N5O2. The lowest BCUT2D eigenvalue weighted by Gasteiger charge is -2.28. The summed E-state index contributed by atoms with van der Waals surface area (Å²) in [4.78, 5) is 33.6.